The van der Waals surface area contributed by atoms with Crippen LogP contribution >= 0.6 is 0 Å². The molecule has 1 saturated heterocycles. The number of fused-ring (bicyclic) bond motifs is 1. The first-order valence-electron chi connectivity index (χ1n) is 13.9. The maximum atomic E-state index is 13.5. The smallest absolute Gasteiger partial charge is 0.321 e. The molecular weight excluding hydrogens is 506 g/mol. The number of nitriles is 1. The lowest BCUT2D eigenvalue weighted by atomic mass is 9.69. The Morgan fingerprint density at radius 3 is 2.27 bits per heavy atom. The zero-order chi connectivity index (χ0) is 28.1. The fourth-order valence-corrected chi connectivity index (χ4v) is 5.64. The molecule has 3 fully saturated rings. The van der Waals surface area contributed by atoms with E-state index in [0.29, 0.717) is 44.4 Å². The Hall–Kier alpha value is -4.32. The number of furan rings is 1. The first kappa shape index (κ1) is 25.9. The Morgan fingerprint density at radius 1 is 0.950 bits per heavy atom. The van der Waals surface area contributed by atoms with Gasteiger partial charge in [-0.1, -0.05) is 38.1 Å². The van der Waals surface area contributed by atoms with E-state index in [9.17, 15) is 19.6 Å². The van der Waals surface area contributed by atoms with E-state index < -0.39 is 17.0 Å². The van der Waals surface area contributed by atoms with Gasteiger partial charge in [-0.2, -0.15) is 5.26 Å². The number of hydrogen-bond acceptors (Lipinski definition) is 5. The van der Waals surface area contributed by atoms with Gasteiger partial charge in [-0.25, -0.2) is 4.79 Å². The molecule has 1 aliphatic heterocycles. The van der Waals surface area contributed by atoms with E-state index in [0.717, 1.165) is 35.0 Å². The maximum Gasteiger partial charge on any atom is 0.321 e. The van der Waals surface area contributed by atoms with Crippen molar-refractivity contribution < 1.29 is 18.8 Å². The zero-order valence-corrected chi connectivity index (χ0v) is 22.8. The van der Waals surface area contributed by atoms with E-state index in [4.69, 9.17) is 4.42 Å². The second-order valence-electron chi connectivity index (χ2n) is 12.1. The Morgan fingerprint density at radius 2 is 1.65 bits per heavy atom. The van der Waals surface area contributed by atoms with Crippen LogP contribution in [0.1, 0.15) is 62.9 Å². The highest BCUT2D eigenvalue weighted by atomic mass is 16.3. The Kier molecular flexibility index (Phi) is 6.10. The summed E-state index contributed by atoms with van der Waals surface area (Å²) in [5.41, 5.74) is 1.46. The maximum absolute atomic E-state index is 13.5. The molecule has 3 N–H and O–H groups in total. The predicted molar refractivity (Wildman–Crippen MR) is 151 cm³/mol. The van der Waals surface area contributed by atoms with Gasteiger partial charge in [0.2, 0.25) is 5.91 Å². The number of benzene rings is 2. The number of anilines is 1. The van der Waals surface area contributed by atoms with Gasteiger partial charge in [0.1, 0.15) is 16.7 Å². The molecule has 206 valence electrons. The highest BCUT2D eigenvalue weighted by Crippen LogP contribution is 2.42. The summed E-state index contributed by atoms with van der Waals surface area (Å²) >= 11 is 0. The van der Waals surface area contributed by atoms with Gasteiger partial charge in [0.05, 0.1) is 6.07 Å². The molecule has 2 aromatic carbocycles. The third-order valence-corrected chi connectivity index (χ3v) is 8.67. The van der Waals surface area contributed by atoms with Gasteiger partial charge in [0, 0.05) is 24.2 Å². The fraction of sp³-hybridized carbons (Fsp3) is 0.419. The van der Waals surface area contributed by atoms with Gasteiger partial charge in [-0.3, -0.25) is 14.5 Å². The van der Waals surface area contributed by atoms with E-state index in [-0.39, 0.29) is 23.1 Å². The fourth-order valence-electron chi connectivity index (χ4n) is 5.64. The van der Waals surface area contributed by atoms with E-state index in [2.05, 4.69) is 35.9 Å². The Balaban J connectivity index is 1.22. The van der Waals surface area contributed by atoms with Crippen LogP contribution in [0.2, 0.25) is 0 Å². The minimum absolute atomic E-state index is 0.0792. The lowest BCUT2D eigenvalue weighted by Gasteiger charge is -2.43. The molecule has 1 aromatic heterocycles. The number of carbonyl (C=O) groups is 3. The summed E-state index contributed by atoms with van der Waals surface area (Å²) in [5.74, 6) is -0.590. The van der Waals surface area contributed by atoms with Crippen molar-refractivity contribution in [1.82, 2.24) is 16.0 Å². The van der Waals surface area contributed by atoms with E-state index in [1.54, 1.807) is 11.0 Å². The highest BCUT2D eigenvalue weighted by molar-refractivity contribution is 6.01. The van der Waals surface area contributed by atoms with Gasteiger partial charge < -0.3 is 20.4 Å². The molecular formula is C31H33N5O4. The van der Waals surface area contributed by atoms with Gasteiger partial charge in [-0.05, 0) is 79.3 Å². The minimum atomic E-state index is -1.09. The lowest BCUT2D eigenvalue weighted by molar-refractivity contribution is -0.130. The monoisotopic (exact) mass is 539 g/mol. The summed E-state index contributed by atoms with van der Waals surface area (Å²) in [5, 5.41) is 19.0. The number of urea groups is 1. The number of hydrogen-bond donors (Lipinski definition) is 3. The number of carbonyl (C=O) groups excluding carboxylic acids is 3. The summed E-state index contributed by atoms with van der Waals surface area (Å²) in [6.07, 6.45) is 3.83. The van der Waals surface area contributed by atoms with Gasteiger partial charge in [0.15, 0.2) is 5.76 Å². The molecule has 0 atom stereocenters. The quantitative estimate of drug-likeness (QED) is 0.412. The van der Waals surface area contributed by atoms with E-state index in [1.807, 2.05) is 42.5 Å². The topological polar surface area (TPSA) is 127 Å². The van der Waals surface area contributed by atoms with Crippen LogP contribution in [0.4, 0.5) is 10.5 Å². The number of nitrogens with zero attached hydrogens (tertiary/aromatic N) is 2. The van der Waals surface area contributed by atoms with Crippen LogP contribution in [0, 0.1) is 16.7 Å². The zero-order valence-electron chi connectivity index (χ0n) is 22.8. The third kappa shape index (κ3) is 4.79. The van der Waals surface area contributed by atoms with Crippen molar-refractivity contribution in [2.75, 3.05) is 18.0 Å². The van der Waals surface area contributed by atoms with Crippen LogP contribution in [0.5, 0.6) is 0 Å². The van der Waals surface area contributed by atoms with Crippen molar-refractivity contribution >= 4 is 34.5 Å². The summed E-state index contributed by atoms with van der Waals surface area (Å²) in [4.78, 5) is 40.6. The molecule has 40 heavy (non-hydrogen) atoms. The predicted octanol–water partition coefficient (Wildman–Crippen LogP) is 4.87. The van der Waals surface area contributed by atoms with Crippen LogP contribution in [-0.4, -0.2) is 42.0 Å². The molecule has 9 heteroatoms. The first-order chi connectivity index (χ1) is 19.1. The summed E-state index contributed by atoms with van der Waals surface area (Å²) in [6.45, 7) is 5.61. The molecule has 4 amide bonds. The molecule has 0 bridgehead atoms. The molecule has 3 aliphatic rings. The average molecular weight is 540 g/mol. The molecule has 0 radical (unpaired) electrons. The van der Waals surface area contributed by atoms with Gasteiger partial charge in [-0.15, -0.1) is 0 Å². The van der Waals surface area contributed by atoms with Crippen molar-refractivity contribution in [3.8, 4) is 17.2 Å². The second-order valence-corrected chi connectivity index (χ2v) is 12.1. The van der Waals surface area contributed by atoms with Crippen molar-refractivity contribution in [1.29, 1.82) is 5.26 Å². The molecule has 9 nitrogen and oxygen atoms in total. The SMILES string of the molecule is CC1(C)CCC(NC(=O)c2cc3ccc(-c4ccc(N5CCNC5=O)cc4)cc3o2)(C(=O)NC2(C#N)CC2)CC1. The van der Waals surface area contributed by atoms with Crippen LogP contribution < -0.4 is 20.9 Å². The van der Waals surface area contributed by atoms with Crippen molar-refractivity contribution in [2.24, 2.45) is 5.41 Å². The van der Waals surface area contributed by atoms with Crippen LogP contribution in [0.3, 0.4) is 0 Å². The largest absolute Gasteiger partial charge is 0.451 e. The van der Waals surface area contributed by atoms with E-state index in [1.165, 1.54) is 0 Å². The van der Waals surface area contributed by atoms with E-state index >= 15 is 0 Å². The van der Waals surface area contributed by atoms with Crippen molar-refractivity contribution in [3.05, 3.63) is 54.3 Å². The minimum Gasteiger partial charge on any atom is -0.451 e. The Bertz CT molecular complexity index is 1530. The number of nitrogens with one attached hydrogen (secondary N) is 3. The Labute approximate surface area is 232 Å². The van der Waals surface area contributed by atoms with Crippen LogP contribution in [0.15, 0.2) is 52.9 Å². The molecule has 3 aromatic rings. The molecule has 0 unspecified atom stereocenters. The molecule has 2 aliphatic carbocycles. The van der Waals surface area contributed by atoms with Crippen LogP contribution in [0.25, 0.3) is 22.1 Å². The molecule has 2 saturated carbocycles. The second kappa shape index (κ2) is 9.40. The molecule has 6 rings (SSSR count). The van der Waals surface area contributed by atoms with Crippen LogP contribution in [-0.2, 0) is 4.79 Å². The highest BCUT2D eigenvalue weighted by Gasteiger charge is 2.51. The number of amides is 4. The first-order valence-corrected chi connectivity index (χ1v) is 13.9. The average Bonchev–Trinajstić information content (AvgIpc) is 3.36. The third-order valence-electron chi connectivity index (χ3n) is 8.67. The van der Waals surface area contributed by atoms with Crippen molar-refractivity contribution in [3.63, 3.8) is 0 Å². The molecule has 2 heterocycles. The molecule has 0 spiro atoms. The number of rotatable bonds is 6. The van der Waals surface area contributed by atoms with Crippen molar-refractivity contribution in [2.45, 2.75) is 63.5 Å². The lowest BCUT2D eigenvalue weighted by Crippen LogP contribution is -2.62. The standard InChI is InChI=1S/C31H33N5O4/c1-29(2)9-13-31(14-10-29,27(38)35-30(19-32)11-12-30)34-26(37)25-18-22-4-3-21(17-24(22)40-25)20-5-7-23(8-6-20)36-16-15-33-28(36)39/h3-8,17-18H,9-16H2,1-2H3,(H,33,39)(H,34,37)(H,35,38). The summed E-state index contributed by atoms with van der Waals surface area (Å²) in [7, 11) is 0. The normalized spacial score (nSPS) is 20.4. The summed E-state index contributed by atoms with van der Waals surface area (Å²) in [6, 6.07) is 17.3. The van der Waals surface area contributed by atoms with Gasteiger partial charge >= 0.3 is 6.03 Å². The van der Waals surface area contributed by atoms with Gasteiger partial charge in [0.25, 0.3) is 5.91 Å². The summed E-state index contributed by atoms with van der Waals surface area (Å²) < 4.78 is 6.00.